The fourth-order valence-corrected chi connectivity index (χ4v) is 3.97. The van der Waals surface area contributed by atoms with Gasteiger partial charge in [-0.2, -0.15) is 0 Å². The lowest BCUT2D eigenvalue weighted by Gasteiger charge is -2.24. The van der Waals surface area contributed by atoms with Gasteiger partial charge in [-0.15, -0.1) is 12.4 Å². The average molecular weight is 362 g/mol. The zero-order valence-corrected chi connectivity index (χ0v) is 15.1. The number of hydrogen-bond acceptors (Lipinski definition) is 4. The lowest BCUT2D eigenvalue weighted by molar-refractivity contribution is -0.117. The molecule has 0 radical (unpaired) electrons. The van der Waals surface area contributed by atoms with Crippen molar-refractivity contribution in [1.29, 1.82) is 0 Å². The fourth-order valence-electron chi connectivity index (χ4n) is 3.97. The SMILES string of the molecule is Cc1coc(-c2cccc(NC(=O)C3CC4CCCCC4N3)c2)n1.Cl. The van der Waals surface area contributed by atoms with Crippen molar-refractivity contribution < 1.29 is 9.21 Å². The molecule has 2 heterocycles. The van der Waals surface area contributed by atoms with Gasteiger partial charge in [0, 0.05) is 17.3 Å². The number of benzene rings is 1. The number of anilines is 1. The molecule has 1 aliphatic heterocycles. The van der Waals surface area contributed by atoms with E-state index in [4.69, 9.17) is 4.42 Å². The predicted octanol–water partition coefficient (Wildman–Crippen LogP) is 3.93. The highest BCUT2D eigenvalue weighted by Crippen LogP contribution is 2.33. The van der Waals surface area contributed by atoms with Crippen LogP contribution in [0.2, 0.25) is 0 Å². The van der Waals surface area contributed by atoms with Crippen molar-refractivity contribution >= 4 is 24.0 Å². The molecule has 0 spiro atoms. The van der Waals surface area contributed by atoms with Crippen molar-refractivity contribution in [1.82, 2.24) is 10.3 Å². The second-order valence-corrected chi connectivity index (χ2v) is 6.97. The first-order chi connectivity index (χ1) is 11.7. The number of hydrogen-bond donors (Lipinski definition) is 2. The Bertz CT molecular complexity index is 732. The highest BCUT2D eigenvalue weighted by molar-refractivity contribution is 5.95. The van der Waals surface area contributed by atoms with Crippen LogP contribution in [0.3, 0.4) is 0 Å². The molecule has 6 heteroatoms. The highest BCUT2D eigenvalue weighted by atomic mass is 35.5. The maximum absolute atomic E-state index is 12.6. The van der Waals surface area contributed by atoms with Crippen molar-refractivity contribution in [3.8, 4) is 11.5 Å². The molecule has 2 aromatic rings. The number of rotatable bonds is 3. The van der Waals surface area contributed by atoms with E-state index >= 15 is 0 Å². The second kappa shape index (κ2) is 7.58. The van der Waals surface area contributed by atoms with E-state index in [1.807, 2.05) is 31.2 Å². The van der Waals surface area contributed by atoms with E-state index < -0.39 is 0 Å². The third-order valence-corrected chi connectivity index (χ3v) is 5.18. The second-order valence-electron chi connectivity index (χ2n) is 6.97. The summed E-state index contributed by atoms with van der Waals surface area (Å²) in [5, 5.41) is 6.56. The Labute approximate surface area is 154 Å². The van der Waals surface area contributed by atoms with Crippen LogP contribution in [0.5, 0.6) is 0 Å². The zero-order chi connectivity index (χ0) is 16.5. The molecule has 1 aliphatic carbocycles. The molecule has 0 bridgehead atoms. The number of oxazole rings is 1. The van der Waals surface area contributed by atoms with Crippen molar-refractivity contribution in [2.45, 2.75) is 51.1 Å². The molecule has 5 nitrogen and oxygen atoms in total. The van der Waals surface area contributed by atoms with Crippen LogP contribution in [0.15, 0.2) is 34.9 Å². The number of halogens is 1. The lowest BCUT2D eigenvalue weighted by atomic mass is 9.85. The van der Waals surface area contributed by atoms with Gasteiger partial charge in [0.25, 0.3) is 0 Å². The highest BCUT2D eigenvalue weighted by Gasteiger charge is 2.38. The van der Waals surface area contributed by atoms with Gasteiger partial charge in [-0.05, 0) is 50.3 Å². The van der Waals surface area contributed by atoms with Crippen LogP contribution < -0.4 is 10.6 Å². The summed E-state index contributed by atoms with van der Waals surface area (Å²) in [6.45, 7) is 1.89. The summed E-state index contributed by atoms with van der Waals surface area (Å²) in [6, 6.07) is 8.10. The smallest absolute Gasteiger partial charge is 0.241 e. The Hall–Kier alpha value is -1.85. The van der Waals surface area contributed by atoms with Crippen LogP contribution in [-0.2, 0) is 4.79 Å². The summed E-state index contributed by atoms with van der Waals surface area (Å²) in [7, 11) is 0. The standard InChI is InChI=1S/C19H23N3O2.ClH/c1-12-11-24-19(20-12)14-6-4-7-15(9-14)21-18(23)17-10-13-5-2-3-8-16(13)22-17;/h4,6-7,9,11,13,16-17,22H,2-3,5,8,10H2,1H3,(H,21,23);1H. The van der Waals surface area contributed by atoms with Gasteiger partial charge in [0.2, 0.25) is 11.8 Å². The first-order valence-corrected chi connectivity index (χ1v) is 8.78. The summed E-state index contributed by atoms with van der Waals surface area (Å²) in [4.78, 5) is 16.9. The van der Waals surface area contributed by atoms with Crippen LogP contribution in [0.1, 0.15) is 37.8 Å². The van der Waals surface area contributed by atoms with E-state index in [0.717, 1.165) is 23.4 Å². The molecular weight excluding hydrogens is 338 g/mol. The van der Waals surface area contributed by atoms with Crippen LogP contribution in [0.25, 0.3) is 11.5 Å². The molecule has 25 heavy (non-hydrogen) atoms. The summed E-state index contributed by atoms with van der Waals surface area (Å²) >= 11 is 0. The van der Waals surface area contributed by atoms with Crippen molar-refractivity contribution in [2.75, 3.05) is 5.32 Å². The van der Waals surface area contributed by atoms with Crippen LogP contribution in [0.4, 0.5) is 5.69 Å². The van der Waals surface area contributed by atoms with Crippen molar-refractivity contribution in [2.24, 2.45) is 5.92 Å². The maximum atomic E-state index is 12.6. The monoisotopic (exact) mass is 361 g/mol. The Morgan fingerprint density at radius 2 is 2.16 bits per heavy atom. The van der Waals surface area contributed by atoms with Gasteiger partial charge < -0.3 is 15.1 Å². The Kier molecular flexibility index (Phi) is 5.45. The predicted molar refractivity (Wildman–Crippen MR) is 99.8 cm³/mol. The summed E-state index contributed by atoms with van der Waals surface area (Å²) < 4.78 is 5.44. The minimum Gasteiger partial charge on any atom is -0.444 e. The summed E-state index contributed by atoms with van der Waals surface area (Å²) in [5.41, 5.74) is 2.50. The first-order valence-electron chi connectivity index (χ1n) is 8.78. The Morgan fingerprint density at radius 1 is 1.32 bits per heavy atom. The fraction of sp³-hybridized carbons (Fsp3) is 0.474. The Balaban J connectivity index is 0.00000182. The molecule has 3 unspecified atom stereocenters. The molecule has 1 amide bonds. The number of carbonyl (C=O) groups excluding carboxylic acids is 1. The minimum absolute atomic E-state index is 0. The van der Waals surface area contributed by atoms with Gasteiger partial charge in [-0.1, -0.05) is 18.9 Å². The molecule has 2 fully saturated rings. The minimum atomic E-state index is -0.0780. The van der Waals surface area contributed by atoms with Gasteiger partial charge >= 0.3 is 0 Å². The van der Waals surface area contributed by atoms with Crippen LogP contribution >= 0.6 is 12.4 Å². The van der Waals surface area contributed by atoms with Crippen molar-refractivity contribution in [3.63, 3.8) is 0 Å². The van der Waals surface area contributed by atoms with E-state index in [9.17, 15) is 4.79 Å². The molecule has 3 atom stereocenters. The molecule has 2 N–H and O–H groups in total. The Morgan fingerprint density at radius 3 is 2.92 bits per heavy atom. The molecule has 134 valence electrons. The third kappa shape index (κ3) is 3.88. The first kappa shape index (κ1) is 18.0. The average Bonchev–Trinajstić information content (AvgIpc) is 3.21. The van der Waals surface area contributed by atoms with E-state index in [-0.39, 0.29) is 24.4 Å². The number of fused-ring (bicyclic) bond motifs is 1. The number of nitrogens with zero attached hydrogens (tertiary/aromatic N) is 1. The molecule has 4 rings (SSSR count). The topological polar surface area (TPSA) is 67.2 Å². The van der Waals surface area contributed by atoms with E-state index in [1.165, 1.54) is 25.7 Å². The summed E-state index contributed by atoms with van der Waals surface area (Å²) in [5.74, 6) is 1.30. The molecule has 2 aliphatic rings. The number of aromatic nitrogens is 1. The maximum Gasteiger partial charge on any atom is 0.241 e. The number of amides is 1. The molecule has 1 aromatic carbocycles. The zero-order valence-electron chi connectivity index (χ0n) is 14.3. The normalized spacial score (nSPS) is 25.1. The van der Waals surface area contributed by atoms with Gasteiger partial charge in [0.1, 0.15) is 6.26 Å². The number of nitrogens with one attached hydrogen (secondary N) is 2. The number of carbonyl (C=O) groups is 1. The van der Waals surface area contributed by atoms with Crippen LogP contribution in [0, 0.1) is 12.8 Å². The summed E-state index contributed by atoms with van der Waals surface area (Å²) in [6.07, 6.45) is 7.61. The van der Waals surface area contributed by atoms with E-state index in [1.54, 1.807) is 6.26 Å². The van der Waals surface area contributed by atoms with E-state index in [2.05, 4.69) is 15.6 Å². The largest absolute Gasteiger partial charge is 0.444 e. The third-order valence-electron chi connectivity index (χ3n) is 5.18. The molecule has 1 aromatic heterocycles. The van der Waals surface area contributed by atoms with Crippen LogP contribution in [-0.4, -0.2) is 23.0 Å². The quantitative estimate of drug-likeness (QED) is 0.869. The van der Waals surface area contributed by atoms with Gasteiger partial charge in [0.05, 0.1) is 11.7 Å². The van der Waals surface area contributed by atoms with E-state index in [0.29, 0.717) is 17.9 Å². The number of aryl methyl sites for hydroxylation is 1. The van der Waals surface area contributed by atoms with Gasteiger partial charge in [-0.25, -0.2) is 4.98 Å². The van der Waals surface area contributed by atoms with Gasteiger partial charge in [-0.3, -0.25) is 4.79 Å². The molecular formula is C19H24ClN3O2. The molecule has 1 saturated carbocycles. The van der Waals surface area contributed by atoms with Crippen molar-refractivity contribution in [3.05, 3.63) is 36.2 Å². The molecule has 1 saturated heterocycles. The van der Waals surface area contributed by atoms with Gasteiger partial charge in [0.15, 0.2) is 0 Å². The lowest BCUT2D eigenvalue weighted by Crippen LogP contribution is -2.39.